The van der Waals surface area contributed by atoms with Crippen LogP contribution in [0.2, 0.25) is 0 Å². The second-order valence-corrected chi connectivity index (χ2v) is 3.55. The average Bonchev–Trinajstić information content (AvgIpc) is 2.85. The minimum Gasteiger partial charge on any atom is -0.466 e. The molecule has 0 bridgehead atoms. The van der Waals surface area contributed by atoms with Gasteiger partial charge in [-0.2, -0.15) is 5.10 Å². The van der Waals surface area contributed by atoms with Crippen LogP contribution in [-0.2, 0) is 9.53 Å². The smallest absolute Gasteiger partial charge is 0.330 e. The van der Waals surface area contributed by atoms with E-state index in [2.05, 4.69) is 9.84 Å². The fourth-order valence-electron chi connectivity index (χ4n) is 1.39. The van der Waals surface area contributed by atoms with Gasteiger partial charge >= 0.3 is 5.97 Å². The lowest BCUT2D eigenvalue weighted by atomic mass is 10.3. The maximum atomic E-state index is 12.8. The van der Waals surface area contributed by atoms with E-state index in [1.165, 1.54) is 25.3 Å². The maximum absolute atomic E-state index is 12.8. The minimum absolute atomic E-state index is 0.295. The van der Waals surface area contributed by atoms with E-state index in [0.717, 1.165) is 11.3 Å². The summed E-state index contributed by atoms with van der Waals surface area (Å²) in [5, 5.41) is 4.11. The fraction of sp³-hybridized carbons (Fsp3) is 0.0769. The zero-order valence-corrected chi connectivity index (χ0v) is 9.71. The largest absolute Gasteiger partial charge is 0.466 e. The second-order valence-electron chi connectivity index (χ2n) is 3.55. The summed E-state index contributed by atoms with van der Waals surface area (Å²) < 4.78 is 18.8. The van der Waals surface area contributed by atoms with Crippen LogP contribution < -0.4 is 0 Å². The van der Waals surface area contributed by atoms with Gasteiger partial charge < -0.3 is 4.74 Å². The molecule has 0 N–H and O–H groups in total. The van der Waals surface area contributed by atoms with Gasteiger partial charge in [-0.25, -0.2) is 13.9 Å². The molecule has 2 aromatic rings. The first-order valence-electron chi connectivity index (χ1n) is 5.25. The molecule has 0 radical (unpaired) electrons. The molecule has 0 saturated carbocycles. The Labute approximate surface area is 103 Å². The van der Waals surface area contributed by atoms with Crippen LogP contribution in [0.1, 0.15) is 5.56 Å². The first-order valence-corrected chi connectivity index (χ1v) is 5.25. The maximum Gasteiger partial charge on any atom is 0.330 e. The van der Waals surface area contributed by atoms with Crippen molar-refractivity contribution in [2.24, 2.45) is 0 Å². The van der Waals surface area contributed by atoms with E-state index in [1.807, 2.05) is 0 Å². The molecule has 4 nitrogen and oxygen atoms in total. The van der Waals surface area contributed by atoms with Crippen LogP contribution in [0.4, 0.5) is 4.39 Å². The van der Waals surface area contributed by atoms with E-state index >= 15 is 0 Å². The number of hydrogen-bond donors (Lipinski definition) is 0. The van der Waals surface area contributed by atoms with Crippen LogP contribution in [-0.4, -0.2) is 22.9 Å². The highest BCUT2D eigenvalue weighted by molar-refractivity contribution is 5.86. The van der Waals surface area contributed by atoms with Gasteiger partial charge in [-0.15, -0.1) is 0 Å². The van der Waals surface area contributed by atoms with E-state index < -0.39 is 5.97 Å². The molecule has 0 aliphatic carbocycles. The van der Waals surface area contributed by atoms with Crippen molar-refractivity contribution in [3.8, 4) is 5.69 Å². The lowest BCUT2D eigenvalue weighted by molar-refractivity contribution is -0.134. The van der Waals surface area contributed by atoms with E-state index in [4.69, 9.17) is 0 Å². The monoisotopic (exact) mass is 246 g/mol. The number of carbonyl (C=O) groups excluding carboxylic acids is 1. The van der Waals surface area contributed by atoms with Crippen molar-refractivity contribution in [2.45, 2.75) is 0 Å². The summed E-state index contributed by atoms with van der Waals surface area (Å²) in [5.74, 6) is -0.721. The summed E-state index contributed by atoms with van der Waals surface area (Å²) in [7, 11) is 1.31. The Kier molecular flexibility index (Phi) is 3.52. The minimum atomic E-state index is -0.426. The molecule has 92 valence electrons. The first-order chi connectivity index (χ1) is 8.69. The van der Waals surface area contributed by atoms with E-state index in [1.54, 1.807) is 35.3 Å². The lowest BCUT2D eigenvalue weighted by Crippen LogP contribution is -1.94. The Balaban J connectivity index is 2.18. The molecule has 0 spiro atoms. The summed E-state index contributed by atoms with van der Waals surface area (Å²) in [5.41, 5.74) is 1.50. The van der Waals surface area contributed by atoms with Crippen LogP contribution in [0.3, 0.4) is 0 Å². The molecular weight excluding hydrogens is 235 g/mol. The number of carbonyl (C=O) groups is 1. The molecule has 1 aromatic heterocycles. The third-order valence-corrected chi connectivity index (χ3v) is 2.31. The number of halogens is 1. The number of aromatic nitrogens is 2. The molecular formula is C13H11FN2O2. The number of methoxy groups -OCH3 is 1. The van der Waals surface area contributed by atoms with E-state index in [9.17, 15) is 9.18 Å². The zero-order chi connectivity index (χ0) is 13.0. The topological polar surface area (TPSA) is 44.1 Å². The molecule has 0 amide bonds. The number of rotatable bonds is 3. The van der Waals surface area contributed by atoms with Crippen LogP contribution in [0.15, 0.2) is 42.7 Å². The molecule has 0 fully saturated rings. The molecule has 0 saturated heterocycles. The Morgan fingerprint density at radius 3 is 2.78 bits per heavy atom. The Morgan fingerprint density at radius 1 is 1.39 bits per heavy atom. The van der Waals surface area contributed by atoms with Gasteiger partial charge in [0.25, 0.3) is 0 Å². The second kappa shape index (κ2) is 5.27. The Morgan fingerprint density at radius 2 is 2.11 bits per heavy atom. The molecule has 0 atom stereocenters. The molecule has 5 heteroatoms. The number of benzene rings is 1. The van der Waals surface area contributed by atoms with Gasteiger partial charge in [0.1, 0.15) is 5.82 Å². The fourth-order valence-corrected chi connectivity index (χ4v) is 1.39. The summed E-state index contributed by atoms with van der Waals surface area (Å²) in [6.07, 6.45) is 6.24. The lowest BCUT2D eigenvalue weighted by Gasteiger charge is -1.99. The van der Waals surface area contributed by atoms with Gasteiger partial charge in [-0.05, 0) is 30.3 Å². The van der Waals surface area contributed by atoms with Crippen molar-refractivity contribution in [1.29, 1.82) is 0 Å². The van der Waals surface area contributed by atoms with Gasteiger partial charge in [0.05, 0.1) is 19.0 Å². The summed E-state index contributed by atoms with van der Waals surface area (Å²) >= 11 is 0. The quantitative estimate of drug-likeness (QED) is 0.616. The molecule has 0 unspecified atom stereocenters. The molecule has 0 aliphatic heterocycles. The Bertz CT molecular complexity index is 573. The SMILES string of the molecule is COC(=O)C=Cc1cnn(-c2ccc(F)cc2)c1. The van der Waals surface area contributed by atoms with Gasteiger partial charge in [0.2, 0.25) is 0 Å². The molecule has 2 rings (SSSR count). The number of ether oxygens (including phenoxy) is 1. The van der Waals surface area contributed by atoms with Crippen molar-refractivity contribution in [1.82, 2.24) is 9.78 Å². The Hall–Kier alpha value is -2.43. The molecule has 0 aliphatic rings. The van der Waals surface area contributed by atoms with Crippen LogP contribution in [0.5, 0.6) is 0 Å². The highest BCUT2D eigenvalue weighted by Gasteiger charge is 2.00. The summed E-state index contributed by atoms with van der Waals surface area (Å²) in [4.78, 5) is 10.9. The first kappa shape index (κ1) is 12.0. The number of esters is 1. The van der Waals surface area contributed by atoms with Gasteiger partial charge in [0, 0.05) is 17.8 Å². The predicted octanol–water partition coefficient (Wildman–Crippen LogP) is 2.20. The van der Waals surface area contributed by atoms with Gasteiger partial charge in [0.15, 0.2) is 0 Å². The van der Waals surface area contributed by atoms with Crippen molar-refractivity contribution in [3.63, 3.8) is 0 Å². The van der Waals surface area contributed by atoms with Crippen molar-refractivity contribution in [3.05, 3.63) is 54.1 Å². The summed E-state index contributed by atoms with van der Waals surface area (Å²) in [6, 6.07) is 5.97. The highest BCUT2D eigenvalue weighted by atomic mass is 19.1. The zero-order valence-electron chi connectivity index (χ0n) is 9.71. The van der Waals surface area contributed by atoms with Crippen LogP contribution >= 0.6 is 0 Å². The number of hydrogen-bond acceptors (Lipinski definition) is 3. The van der Waals surface area contributed by atoms with Gasteiger partial charge in [-0.1, -0.05) is 0 Å². The average molecular weight is 246 g/mol. The van der Waals surface area contributed by atoms with Crippen LogP contribution in [0, 0.1) is 5.82 Å². The molecule has 18 heavy (non-hydrogen) atoms. The predicted molar refractivity (Wildman–Crippen MR) is 64.6 cm³/mol. The third kappa shape index (κ3) is 2.82. The van der Waals surface area contributed by atoms with Crippen molar-refractivity contribution in [2.75, 3.05) is 7.11 Å². The summed E-state index contributed by atoms with van der Waals surface area (Å²) in [6.45, 7) is 0. The van der Waals surface area contributed by atoms with Crippen LogP contribution in [0.25, 0.3) is 11.8 Å². The van der Waals surface area contributed by atoms with E-state index in [0.29, 0.717) is 0 Å². The highest BCUT2D eigenvalue weighted by Crippen LogP contribution is 2.10. The third-order valence-electron chi connectivity index (χ3n) is 2.31. The normalized spacial score (nSPS) is 10.8. The molecule has 1 aromatic carbocycles. The van der Waals surface area contributed by atoms with E-state index in [-0.39, 0.29) is 5.82 Å². The molecule has 1 heterocycles. The number of nitrogens with zero attached hydrogens (tertiary/aromatic N) is 2. The van der Waals surface area contributed by atoms with Gasteiger partial charge in [-0.3, -0.25) is 0 Å². The van der Waals surface area contributed by atoms with Crippen molar-refractivity contribution >= 4 is 12.0 Å². The van der Waals surface area contributed by atoms with Crippen molar-refractivity contribution < 1.29 is 13.9 Å². The standard InChI is InChI=1S/C13H11FN2O2/c1-18-13(17)7-2-10-8-15-16(9-10)12-5-3-11(14)4-6-12/h2-9H,1H3.